The van der Waals surface area contributed by atoms with E-state index >= 15 is 0 Å². The summed E-state index contributed by atoms with van der Waals surface area (Å²) in [6.07, 6.45) is 2.56. The van der Waals surface area contributed by atoms with Gasteiger partial charge in [-0.3, -0.25) is 4.57 Å². The van der Waals surface area contributed by atoms with Gasteiger partial charge in [0, 0.05) is 13.6 Å². The molecule has 2 aromatic heterocycles. The van der Waals surface area contributed by atoms with Gasteiger partial charge in [0.05, 0.1) is 6.54 Å². The molecule has 0 aliphatic carbocycles. The van der Waals surface area contributed by atoms with Crippen molar-refractivity contribution in [2.24, 2.45) is 7.05 Å². The largest absolute Gasteiger partial charge is 0.345 e. The Labute approximate surface area is 104 Å². The van der Waals surface area contributed by atoms with Crippen LogP contribution in [0.25, 0.3) is 0 Å². The minimum absolute atomic E-state index is 0.0652. The molecule has 0 amide bonds. The van der Waals surface area contributed by atoms with Crippen molar-refractivity contribution in [2.45, 2.75) is 13.0 Å². The fourth-order valence-corrected chi connectivity index (χ4v) is 2.25. The predicted octanol–water partition coefficient (Wildman–Crippen LogP) is 0.476. The smallest absolute Gasteiger partial charge is 0.315 e. The molecule has 2 aromatic rings. The molecule has 0 saturated heterocycles. The van der Waals surface area contributed by atoms with Crippen LogP contribution in [-0.2, 0) is 20.0 Å². The van der Waals surface area contributed by atoms with E-state index in [9.17, 15) is 4.79 Å². The number of nitrogens with zero attached hydrogens (tertiary/aromatic N) is 3. The maximum Gasteiger partial charge on any atom is 0.345 e. The molecule has 0 atom stereocenters. The van der Waals surface area contributed by atoms with Gasteiger partial charge in [-0.1, -0.05) is 0 Å². The van der Waals surface area contributed by atoms with Gasteiger partial charge in [0.2, 0.25) is 0 Å². The van der Waals surface area contributed by atoms with Gasteiger partial charge in [0.25, 0.3) is 0 Å². The summed E-state index contributed by atoms with van der Waals surface area (Å²) in [5, 5.41) is 11.5. The molecule has 17 heavy (non-hydrogen) atoms. The number of aryl methyl sites for hydroxylation is 1. The topological polar surface area (TPSA) is 51.9 Å². The first kappa shape index (κ1) is 12.1. The van der Waals surface area contributed by atoms with Gasteiger partial charge in [-0.2, -0.15) is 16.4 Å². The summed E-state index contributed by atoms with van der Waals surface area (Å²) in [5.74, 6) is 0. The van der Waals surface area contributed by atoms with Crippen LogP contribution in [0.15, 0.2) is 27.9 Å². The number of thiophene rings is 1. The van der Waals surface area contributed by atoms with Gasteiger partial charge in [-0.05, 0) is 35.4 Å². The lowest BCUT2D eigenvalue weighted by molar-refractivity contribution is 0.538. The molecule has 0 bridgehead atoms. The fraction of sp³-hybridized carbons (Fsp3) is 0.455. The van der Waals surface area contributed by atoms with Gasteiger partial charge >= 0.3 is 5.69 Å². The summed E-state index contributed by atoms with van der Waals surface area (Å²) in [7, 11) is 1.70. The lowest BCUT2D eigenvalue weighted by Crippen LogP contribution is -2.29. The Hall–Kier alpha value is -1.40. The first-order valence-electron chi connectivity index (χ1n) is 5.57. The van der Waals surface area contributed by atoms with Crippen LogP contribution in [-0.4, -0.2) is 27.4 Å². The van der Waals surface area contributed by atoms with Crippen molar-refractivity contribution >= 4 is 11.3 Å². The zero-order valence-electron chi connectivity index (χ0n) is 9.80. The van der Waals surface area contributed by atoms with Crippen LogP contribution in [0.3, 0.4) is 0 Å². The standard InChI is InChI=1S/C11H16N4OS/c1-14-9-13-15(11(14)16)6-5-12-4-2-10-3-7-17-8-10/h3,7-9,12H,2,4-6H2,1H3. The Kier molecular flexibility index (Phi) is 4.11. The maximum absolute atomic E-state index is 11.5. The molecule has 0 spiro atoms. The SMILES string of the molecule is Cn1cnn(CCNCCc2ccsc2)c1=O. The highest BCUT2D eigenvalue weighted by molar-refractivity contribution is 7.07. The van der Waals surface area contributed by atoms with Crippen LogP contribution < -0.4 is 11.0 Å². The van der Waals surface area contributed by atoms with Gasteiger partial charge in [0.15, 0.2) is 0 Å². The first-order valence-corrected chi connectivity index (χ1v) is 6.52. The molecule has 2 heterocycles. The second-order valence-corrected chi connectivity index (χ2v) is 4.66. The molecule has 92 valence electrons. The van der Waals surface area contributed by atoms with Crippen molar-refractivity contribution in [1.29, 1.82) is 0 Å². The van der Waals surface area contributed by atoms with Crippen molar-refractivity contribution in [2.75, 3.05) is 13.1 Å². The molecule has 0 radical (unpaired) electrons. The van der Waals surface area contributed by atoms with Crippen LogP contribution in [0.4, 0.5) is 0 Å². The highest BCUT2D eigenvalue weighted by atomic mass is 32.1. The highest BCUT2D eigenvalue weighted by Crippen LogP contribution is 2.05. The summed E-state index contributed by atoms with van der Waals surface area (Å²) < 4.78 is 2.95. The molecule has 1 N–H and O–H groups in total. The maximum atomic E-state index is 11.5. The molecular formula is C11H16N4OS. The summed E-state index contributed by atoms with van der Waals surface area (Å²) in [6, 6.07) is 2.13. The van der Waals surface area contributed by atoms with Crippen LogP contribution in [0, 0.1) is 0 Å². The molecule has 0 aliphatic rings. The van der Waals surface area contributed by atoms with Gasteiger partial charge in [-0.25, -0.2) is 9.48 Å². The predicted molar refractivity (Wildman–Crippen MR) is 68.4 cm³/mol. The van der Waals surface area contributed by atoms with E-state index < -0.39 is 0 Å². The van der Waals surface area contributed by atoms with Crippen molar-refractivity contribution in [3.8, 4) is 0 Å². The lowest BCUT2D eigenvalue weighted by atomic mass is 10.2. The van der Waals surface area contributed by atoms with Gasteiger partial charge < -0.3 is 5.32 Å². The molecule has 2 rings (SSSR count). The van der Waals surface area contributed by atoms with E-state index in [-0.39, 0.29) is 5.69 Å². The average Bonchev–Trinajstić information content (AvgIpc) is 2.93. The number of aromatic nitrogens is 3. The quantitative estimate of drug-likeness (QED) is 0.761. The van der Waals surface area contributed by atoms with E-state index in [2.05, 4.69) is 27.2 Å². The Bertz CT molecular complexity index is 500. The Morgan fingerprint density at radius 3 is 3.00 bits per heavy atom. The molecular weight excluding hydrogens is 236 g/mol. The number of rotatable bonds is 6. The highest BCUT2D eigenvalue weighted by Gasteiger charge is 2.00. The molecule has 5 nitrogen and oxygen atoms in total. The third kappa shape index (κ3) is 3.28. The van der Waals surface area contributed by atoms with Crippen LogP contribution in [0.5, 0.6) is 0 Å². The van der Waals surface area contributed by atoms with E-state index in [1.54, 1.807) is 18.4 Å². The van der Waals surface area contributed by atoms with Gasteiger partial charge in [0.1, 0.15) is 6.33 Å². The second kappa shape index (κ2) is 5.79. The first-order chi connectivity index (χ1) is 8.27. The summed E-state index contributed by atoms with van der Waals surface area (Å²) in [5.41, 5.74) is 1.29. The van der Waals surface area contributed by atoms with Crippen molar-refractivity contribution in [1.82, 2.24) is 19.7 Å². The monoisotopic (exact) mass is 252 g/mol. The number of hydrogen-bond donors (Lipinski definition) is 1. The summed E-state index contributed by atoms with van der Waals surface area (Å²) in [4.78, 5) is 11.5. The van der Waals surface area contributed by atoms with Gasteiger partial charge in [-0.15, -0.1) is 0 Å². The lowest BCUT2D eigenvalue weighted by Gasteiger charge is -2.03. The van der Waals surface area contributed by atoms with Crippen molar-refractivity contribution < 1.29 is 0 Å². The number of nitrogens with one attached hydrogen (secondary N) is 1. The minimum atomic E-state index is -0.0652. The normalized spacial score (nSPS) is 10.9. The minimum Gasteiger partial charge on any atom is -0.315 e. The molecule has 0 unspecified atom stereocenters. The van der Waals surface area contributed by atoms with Crippen LogP contribution in [0.1, 0.15) is 5.56 Å². The molecule has 0 aliphatic heterocycles. The Balaban J connectivity index is 1.67. The van der Waals surface area contributed by atoms with E-state index in [1.807, 2.05) is 0 Å². The summed E-state index contributed by atoms with van der Waals surface area (Å²) in [6.45, 7) is 2.31. The Morgan fingerprint density at radius 2 is 2.35 bits per heavy atom. The zero-order valence-corrected chi connectivity index (χ0v) is 10.6. The Morgan fingerprint density at radius 1 is 1.47 bits per heavy atom. The van der Waals surface area contributed by atoms with E-state index in [4.69, 9.17) is 0 Å². The third-order valence-corrected chi connectivity index (χ3v) is 3.29. The zero-order chi connectivity index (χ0) is 12.1. The molecule has 6 heteroatoms. The van der Waals surface area contributed by atoms with E-state index in [0.29, 0.717) is 6.54 Å². The molecule has 0 saturated carbocycles. The van der Waals surface area contributed by atoms with Crippen LogP contribution >= 0.6 is 11.3 Å². The van der Waals surface area contributed by atoms with Crippen molar-refractivity contribution in [3.63, 3.8) is 0 Å². The summed E-state index contributed by atoms with van der Waals surface area (Å²) >= 11 is 1.72. The van der Waals surface area contributed by atoms with Crippen LogP contribution in [0.2, 0.25) is 0 Å². The fourth-order valence-electron chi connectivity index (χ4n) is 1.55. The van der Waals surface area contributed by atoms with E-state index in [1.165, 1.54) is 21.1 Å². The third-order valence-electron chi connectivity index (χ3n) is 2.56. The van der Waals surface area contributed by atoms with E-state index in [0.717, 1.165) is 19.5 Å². The molecule has 0 fully saturated rings. The molecule has 0 aromatic carbocycles. The average molecular weight is 252 g/mol. The number of hydrogen-bond acceptors (Lipinski definition) is 4. The van der Waals surface area contributed by atoms with Crippen molar-refractivity contribution in [3.05, 3.63) is 39.2 Å². The second-order valence-electron chi connectivity index (χ2n) is 3.88.